The normalized spacial score (nSPS) is 14.8. The van der Waals surface area contributed by atoms with E-state index in [9.17, 15) is 40.2 Å². The molecule has 1 heterocycles. The van der Waals surface area contributed by atoms with E-state index in [1.165, 1.54) is 18.3 Å². The minimum absolute atomic E-state index is 0.0638. The van der Waals surface area contributed by atoms with Gasteiger partial charge in [-0.25, -0.2) is 4.39 Å². The van der Waals surface area contributed by atoms with Crippen LogP contribution in [0.1, 0.15) is 16.8 Å². The fraction of sp³-hybridized carbons (Fsp3) is 0.320. The zero-order valence-corrected chi connectivity index (χ0v) is 20.1. The predicted molar refractivity (Wildman–Crippen MR) is 123 cm³/mol. The molecule has 0 aliphatic carbocycles. The molecule has 0 amide bonds. The van der Waals surface area contributed by atoms with E-state index in [4.69, 9.17) is 11.6 Å². The second-order valence-corrected chi connectivity index (χ2v) is 8.87. The fourth-order valence-electron chi connectivity index (χ4n) is 3.84. The van der Waals surface area contributed by atoms with Gasteiger partial charge < -0.3 is 15.2 Å². The summed E-state index contributed by atoms with van der Waals surface area (Å²) < 4.78 is 110. The van der Waals surface area contributed by atoms with E-state index in [2.05, 4.69) is 15.0 Å². The maximum absolute atomic E-state index is 14.7. The van der Waals surface area contributed by atoms with Crippen LogP contribution in [0.25, 0.3) is 0 Å². The Bertz CT molecular complexity index is 1200. The van der Waals surface area contributed by atoms with Crippen LogP contribution in [-0.4, -0.2) is 48.0 Å². The summed E-state index contributed by atoms with van der Waals surface area (Å²) in [5, 5.41) is 12.2. The minimum Gasteiger partial charge on any atom is -0.428 e. The van der Waals surface area contributed by atoms with Gasteiger partial charge in [0, 0.05) is 25.4 Å². The minimum atomic E-state index is -4.94. The van der Waals surface area contributed by atoms with Crippen molar-refractivity contribution in [1.82, 2.24) is 10.3 Å². The Morgan fingerprint density at radius 2 is 1.66 bits per heavy atom. The van der Waals surface area contributed by atoms with Crippen LogP contribution in [0.2, 0.25) is 5.02 Å². The van der Waals surface area contributed by atoms with Crippen LogP contribution in [0.5, 0.6) is 5.75 Å². The van der Waals surface area contributed by atoms with Crippen molar-refractivity contribution in [2.75, 3.05) is 13.1 Å². The second-order valence-electron chi connectivity index (χ2n) is 8.43. The number of alkyl halides is 7. The van der Waals surface area contributed by atoms with Crippen molar-refractivity contribution < 1.29 is 45.0 Å². The van der Waals surface area contributed by atoms with E-state index in [0.717, 1.165) is 12.1 Å². The molecule has 3 rings (SSSR count). The number of hydrogen-bond donors (Lipinski definition) is 2. The van der Waals surface area contributed by atoms with Gasteiger partial charge in [-0.2, -0.15) is 30.7 Å². The molecule has 0 aliphatic rings. The Hall–Kier alpha value is -2.96. The van der Waals surface area contributed by atoms with Crippen molar-refractivity contribution >= 4 is 11.6 Å². The molecule has 4 nitrogen and oxygen atoms in total. The molecular weight excluding hydrogens is 548 g/mol. The lowest BCUT2D eigenvalue weighted by atomic mass is 9.72. The molecule has 2 N–H and O–H groups in total. The zero-order chi connectivity index (χ0) is 28.1. The Labute approximate surface area is 217 Å². The van der Waals surface area contributed by atoms with E-state index in [1.54, 1.807) is 30.3 Å². The van der Waals surface area contributed by atoms with Crippen molar-refractivity contribution in [3.8, 4) is 5.75 Å². The molecule has 38 heavy (non-hydrogen) atoms. The highest BCUT2D eigenvalue weighted by atomic mass is 35.5. The Kier molecular flexibility index (Phi) is 9.21. The lowest BCUT2D eigenvalue weighted by molar-refractivity contribution is -0.253. The van der Waals surface area contributed by atoms with Gasteiger partial charge in [-0.15, -0.1) is 0 Å². The molecule has 0 bridgehead atoms. The van der Waals surface area contributed by atoms with Gasteiger partial charge in [0.15, 0.2) is 6.10 Å². The molecule has 1 aromatic heterocycles. The monoisotopic (exact) mass is 568 g/mol. The predicted octanol–water partition coefficient (Wildman–Crippen LogP) is 6.15. The number of ether oxygens (including phenoxy) is 1. The second kappa shape index (κ2) is 11.8. The van der Waals surface area contributed by atoms with Gasteiger partial charge in [0.25, 0.3) is 0 Å². The molecule has 0 fully saturated rings. The molecule has 2 aromatic carbocycles. The van der Waals surface area contributed by atoms with Gasteiger partial charge in [0.2, 0.25) is 0 Å². The molecular formula is C25H21ClF8N2O2. The Morgan fingerprint density at radius 3 is 2.24 bits per heavy atom. The number of nitrogens with one attached hydrogen (secondary N) is 1. The third-order valence-corrected chi connectivity index (χ3v) is 5.86. The average Bonchev–Trinajstić information content (AvgIpc) is 2.83. The molecule has 13 heteroatoms. The van der Waals surface area contributed by atoms with Crippen molar-refractivity contribution in [3.05, 3.63) is 94.5 Å². The third kappa shape index (κ3) is 7.33. The van der Waals surface area contributed by atoms with Crippen LogP contribution in [0.3, 0.4) is 0 Å². The summed E-state index contributed by atoms with van der Waals surface area (Å²) in [5.74, 6) is -2.07. The third-order valence-electron chi connectivity index (χ3n) is 5.64. The molecule has 0 radical (unpaired) electrons. The lowest BCUT2D eigenvalue weighted by Crippen LogP contribution is -2.46. The number of hydrogen-bond acceptors (Lipinski definition) is 4. The SMILES string of the molecule is O[C@@H](CNC[C@@](Cc1ccccc1)(c1cc(F)cc(OC(F)(F)C(F)F)c1)c1ccc(Cl)cn1)C(F)(F)F. The van der Waals surface area contributed by atoms with Crippen LogP contribution in [0.4, 0.5) is 35.1 Å². The molecule has 0 saturated heterocycles. The largest absolute Gasteiger partial charge is 0.461 e. The highest BCUT2D eigenvalue weighted by Crippen LogP contribution is 2.38. The van der Waals surface area contributed by atoms with Gasteiger partial charge in [0.05, 0.1) is 16.1 Å². The Balaban J connectivity index is 2.17. The Morgan fingerprint density at radius 1 is 0.974 bits per heavy atom. The lowest BCUT2D eigenvalue weighted by Gasteiger charge is -2.35. The molecule has 206 valence electrons. The number of benzene rings is 2. The van der Waals surface area contributed by atoms with Gasteiger partial charge in [-0.1, -0.05) is 41.9 Å². The fourth-order valence-corrected chi connectivity index (χ4v) is 3.95. The van der Waals surface area contributed by atoms with Crippen molar-refractivity contribution in [2.45, 2.75) is 36.7 Å². The summed E-state index contributed by atoms with van der Waals surface area (Å²) in [5.41, 5.74) is -0.966. The molecule has 0 saturated carbocycles. The first-order valence-electron chi connectivity index (χ1n) is 11.0. The van der Waals surface area contributed by atoms with Gasteiger partial charge in [0.1, 0.15) is 11.6 Å². The molecule has 0 unspecified atom stereocenters. The number of halogens is 9. The number of aromatic nitrogens is 1. The summed E-state index contributed by atoms with van der Waals surface area (Å²) in [6.07, 6.45) is -15.7. The summed E-state index contributed by atoms with van der Waals surface area (Å²) in [7, 11) is 0. The van der Waals surface area contributed by atoms with E-state index in [0.29, 0.717) is 11.6 Å². The number of aliphatic hydroxyl groups excluding tert-OH is 1. The highest BCUT2D eigenvalue weighted by Gasteiger charge is 2.45. The number of nitrogens with zero attached hydrogens (tertiary/aromatic N) is 1. The topological polar surface area (TPSA) is 54.4 Å². The number of aliphatic hydroxyl groups is 1. The standard InChI is InChI=1S/C25H21ClF8N2O2/c26-17-6-7-20(36-12-17)23(11-15-4-2-1-3-5-15,14-35-13-21(37)24(30,31)32)16-8-18(27)10-19(9-16)38-25(33,34)22(28)29/h1-10,12,21-22,35,37H,11,13-14H2/t21-,23-/m0/s1. The van der Waals surface area contributed by atoms with Crippen LogP contribution in [0.15, 0.2) is 66.9 Å². The quantitative estimate of drug-likeness (QED) is 0.272. The molecule has 2 atom stereocenters. The van der Waals surface area contributed by atoms with E-state index >= 15 is 0 Å². The maximum Gasteiger partial charge on any atom is 0.461 e. The molecule has 0 spiro atoms. The van der Waals surface area contributed by atoms with Crippen molar-refractivity contribution in [2.24, 2.45) is 0 Å². The first-order chi connectivity index (χ1) is 17.7. The summed E-state index contributed by atoms with van der Waals surface area (Å²) in [6, 6.07) is 13.5. The number of pyridine rings is 1. The van der Waals surface area contributed by atoms with Crippen LogP contribution >= 0.6 is 11.6 Å². The van der Waals surface area contributed by atoms with Gasteiger partial charge in [-0.3, -0.25) is 4.98 Å². The maximum atomic E-state index is 14.7. The molecule has 3 aromatic rings. The van der Waals surface area contributed by atoms with Gasteiger partial charge in [-0.05, 0) is 41.8 Å². The van der Waals surface area contributed by atoms with E-state index < -0.39 is 54.9 Å². The zero-order valence-electron chi connectivity index (χ0n) is 19.3. The average molecular weight is 569 g/mol. The van der Waals surface area contributed by atoms with E-state index in [-0.39, 0.29) is 22.7 Å². The molecule has 0 aliphatic heterocycles. The van der Waals surface area contributed by atoms with Crippen LogP contribution < -0.4 is 10.1 Å². The summed E-state index contributed by atoms with van der Waals surface area (Å²) >= 11 is 5.95. The smallest absolute Gasteiger partial charge is 0.428 e. The van der Waals surface area contributed by atoms with Crippen LogP contribution in [-0.2, 0) is 11.8 Å². The van der Waals surface area contributed by atoms with Gasteiger partial charge >= 0.3 is 18.7 Å². The highest BCUT2D eigenvalue weighted by molar-refractivity contribution is 6.30. The van der Waals surface area contributed by atoms with Crippen molar-refractivity contribution in [3.63, 3.8) is 0 Å². The van der Waals surface area contributed by atoms with Crippen molar-refractivity contribution in [1.29, 1.82) is 0 Å². The number of rotatable bonds is 11. The first-order valence-corrected chi connectivity index (χ1v) is 11.4. The van der Waals surface area contributed by atoms with E-state index in [1.807, 2.05) is 0 Å². The summed E-state index contributed by atoms with van der Waals surface area (Å²) in [6.45, 7) is -1.38. The summed E-state index contributed by atoms with van der Waals surface area (Å²) in [4.78, 5) is 4.24. The first kappa shape index (κ1) is 29.6. The van der Waals surface area contributed by atoms with Crippen LogP contribution in [0, 0.1) is 5.82 Å².